The van der Waals surface area contributed by atoms with Gasteiger partial charge in [0, 0.05) is 33.5 Å². The third kappa shape index (κ3) is 5.64. The fraction of sp³-hybridized carbons (Fsp3) is 0.310. The van der Waals surface area contributed by atoms with Crippen LogP contribution in [-0.4, -0.2) is 35.8 Å². The van der Waals surface area contributed by atoms with E-state index >= 15 is 0 Å². The maximum atomic E-state index is 13.1. The van der Waals surface area contributed by atoms with Gasteiger partial charge in [0.25, 0.3) is 0 Å². The van der Waals surface area contributed by atoms with Gasteiger partial charge in [-0.05, 0) is 52.3 Å². The van der Waals surface area contributed by atoms with Gasteiger partial charge in [-0.2, -0.15) is 0 Å². The van der Waals surface area contributed by atoms with Crippen molar-refractivity contribution in [2.45, 2.75) is 40.5 Å². The van der Waals surface area contributed by atoms with Crippen LogP contribution in [0.5, 0.6) is 0 Å². The summed E-state index contributed by atoms with van der Waals surface area (Å²) in [6, 6.07) is 17.8. The zero-order valence-corrected chi connectivity index (χ0v) is 22.5. The van der Waals surface area contributed by atoms with Crippen molar-refractivity contribution >= 4 is 39.8 Å². The second kappa shape index (κ2) is 11.5. The summed E-state index contributed by atoms with van der Waals surface area (Å²) in [5, 5.41) is 4.16. The van der Waals surface area contributed by atoms with E-state index in [0.717, 1.165) is 32.5 Å². The van der Waals surface area contributed by atoms with Crippen molar-refractivity contribution in [3.8, 4) is 11.3 Å². The van der Waals surface area contributed by atoms with E-state index in [0.29, 0.717) is 17.0 Å². The summed E-state index contributed by atoms with van der Waals surface area (Å²) >= 11 is 1.57. The third-order valence-electron chi connectivity index (χ3n) is 6.20. The Balaban J connectivity index is 1.72. The van der Waals surface area contributed by atoms with Gasteiger partial charge in [0.05, 0.1) is 24.5 Å². The molecule has 1 aliphatic heterocycles. The molecule has 0 aliphatic carbocycles. The normalized spacial score (nSPS) is 17.3. The molecule has 7 nitrogen and oxygen atoms in total. The lowest BCUT2D eigenvalue weighted by atomic mass is 9.75. The van der Waals surface area contributed by atoms with E-state index in [-0.39, 0.29) is 13.2 Å². The molecule has 1 aromatic heterocycles. The predicted octanol–water partition coefficient (Wildman–Crippen LogP) is 6.44. The zero-order chi connectivity index (χ0) is 26.5. The molecule has 1 aliphatic rings. The van der Waals surface area contributed by atoms with Crippen molar-refractivity contribution in [2.75, 3.05) is 18.5 Å². The van der Waals surface area contributed by atoms with Gasteiger partial charge < -0.3 is 14.8 Å². The number of nitrogens with one attached hydrogen (secondary N) is 1. The fourth-order valence-corrected chi connectivity index (χ4v) is 5.51. The minimum Gasteiger partial charge on any atom is -0.465 e. The van der Waals surface area contributed by atoms with E-state index in [1.165, 1.54) is 0 Å². The molecule has 2 atom stereocenters. The van der Waals surface area contributed by atoms with Crippen LogP contribution >= 0.6 is 11.3 Å². The highest BCUT2D eigenvalue weighted by molar-refractivity contribution is 7.16. The number of hydrogen-bond donors (Lipinski definition) is 1. The van der Waals surface area contributed by atoms with Gasteiger partial charge in [-0.3, -0.25) is 9.79 Å². The largest absolute Gasteiger partial charge is 0.465 e. The summed E-state index contributed by atoms with van der Waals surface area (Å²) in [6.07, 6.45) is 0. The van der Waals surface area contributed by atoms with Crippen molar-refractivity contribution in [1.82, 2.24) is 4.98 Å². The van der Waals surface area contributed by atoms with Crippen LogP contribution in [-0.2, 0) is 19.1 Å². The maximum absolute atomic E-state index is 13.1. The number of nitrogens with zero attached hydrogens (tertiary/aromatic N) is 2. The second-order valence-electron chi connectivity index (χ2n) is 8.72. The summed E-state index contributed by atoms with van der Waals surface area (Å²) < 4.78 is 10.8. The molecule has 37 heavy (non-hydrogen) atoms. The molecule has 2 aromatic carbocycles. The smallest absolute Gasteiger partial charge is 0.336 e. The standard InChI is InChI=1S/C29H31N3O4S/c1-6-35-27(33)23-17(3)30-18(4)24(28(34)36-7-2)25(23)21-14-11-15-22(16-21)31-29-32-26(19(5)37-29)20-12-9-8-10-13-20/h8-16,23,25H,6-7H2,1-5H3,(H,31,32). The average molecular weight is 518 g/mol. The molecule has 1 N–H and O–H groups in total. The molecule has 0 bridgehead atoms. The van der Waals surface area contributed by atoms with Crippen LogP contribution in [0.4, 0.5) is 10.8 Å². The summed E-state index contributed by atoms with van der Waals surface area (Å²) in [6.45, 7) is 9.61. The van der Waals surface area contributed by atoms with E-state index in [1.807, 2.05) is 54.6 Å². The van der Waals surface area contributed by atoms with Gasteiger partial charge in [0.1, 0.15) is 5.92 Å². The average Bonchev–Trinajstić information content (AvgIpc) is 3.24. The Morgan fingerprint density at radius 1 is 0.973 bits per heavy atom. The number of benzene rings is 2. The Kier molecular flexibility index (Phi) is 8.18. The molecule has 0 fully saturated rings. The minimum absolute atomic E-state index is 0.226. The van der Waals surface area contributed by atoms with Crippen LogP contribution in [0.1, 0.15) is 44.1 Å². The van der Waals surface area contributed by atoms with Crippen LogP contribution < -0.4 is 5.32 Å². The molecule has 0 radical (unpaired) electrons. The quantitative estimate of drug-likeness (QED) is 0.346. The molecule has 8 heteroatoms. The molecule has 4 rings (SSSR count). The lowest BCUT2D eigenvalue weighted by Gasteiger charge is -2.31. The van der Waals surface area contributed by atoms with Crippen molar-refractivity contribution in [3.63, 3.8) is 0 Å². The molecular formula is C29H31N3O4S. The third-order valence-corrected chi connectivity index (χ3v) is 7.09. The number of thiazole rings is 1. The number of allylic oxidation sites excluding steroid dienone is 1. The zero-order valence-electron chi connectivity index (χ0n) is 21.7. The molecule has 0 amide bonds. The van der Waals surface area contributed by atoms with Crippen molar-refractivity contribution < 1.29 is 19.1 Å². The van der Waals surface area contributed by atoms with E-state index in [2.05, 4.69) is 17.2 Å². The van der Waals surface area contributed by atoms with Gasteiger partial charge in [-0.25, -0.2) is 9.78 Å². The lowest BCUT2D eigenvalue weighted by molar-refractivity contribution is -0.146. The Morgan fingerprint density at radius 3 is 2.41 bits per heavy atom. The highest BCUT2D eigenvalue weighted by Gasteiger charge is 2.42. The van der Waals surface area contributed by atoms with Crippen LogP contribution in [0.3, 0.4) is 0 Å². The van der Waals surface area contributed by atoms with Crippen molar-refractivity contribution in [1.29, 1.82) is 0 Å². The summed E-state index contributed by atoms with van der Waals surface area (Å²) in [7, 11) is 0. The Labute approximate surface area is 221 Å². The first kappa shape index (κ1) is 26.3. The number of anilines is 2. The number of aliphatic imine (C=N–C) groups is 1. The number of esters is 2. The first-order chi connectivity index (χ1) is 17.8. The Morgan fingerprint density at radius 2 is 1.70 bits per heavy atom. The highest BCUT2D eigenvalue weighted by Crippen LogP contribution is 2.41. The Hall–Kier alpha value is -3.78. The minimum atomic E-state index is -0.731. The molecule has 2 heterocycles. The number of rotatable bonds is 8. The van der Waals surface area contributed by atoms with Gasteiger partial charge >= 0.3 is 11.9 Å². The number of aromatic nitrogens is 1. The number of carbonyl (C=O) groups is 2. The number of aryl methyl sites for hydroxylation is 1. The van der Waals surface area contributed by atoms with Gasteiger partial charge in [0.15, 0.2) is 5.13 Å². The van der Waals surface area contributed by atoms with E-state index < -0.39 is 23.8 Å². The Bertz CT molecular complexity index is 1360. The van der Waals surface area contributed by atoms with Crippen molar-refractivity contribution in [3.05, 3.63) is 76.3 Å². The molecule has 0 spiro atoms. The molecule has 192 valence electrons. The van der Waals surface area contributed by atoms with E-state index in [4.69, 9.17) is 14.5 Å². The topological polar surface area (TPSA) is 89.9 Å². The van der Waals surface area contributed by atoms with Gasteiger partial charge in [-0.1, -0.05) is 42.5 Å². The number of carbonyl (C=O) groups excluding carboxylic acids is 2. The molecule has 0 saturated heterocycles. The highest BCUT2D eigenvalue weighted by atomic mass is 32.1. The molecule has 3 aromatic rings. The first-order valence-electron chi connectivity index (χ1n) is 12.3. The monoisotopic (exact) mass is 517 g/mol. The van der Waals surface area contributed by atoms with Gasteiger partial charge in [0.2, 0.25) is 0 Å². The van der Waals surface area contributed by atoms with Crippen LogP contribution in [0.25, 0.3) is 11.3 Å². The lowest BCUT2D eigenvalue weighted by Crippen LogP contribution is -2.36. The van der Waals surface area contributed by atoms with E-state index in [9.17, 15) is 9.59 Å². The van der Waals surface area contributed by atoms with Crippen LogP contribution in [0, 0.1) is 12.8 Å². The number of hydrogen-bond acceptors (Lipinski definition) is 8. The summed E-state index contributed by atoms with van der Waals surface area (Å²) in [5.41, 5.74) is 5.11. The molecule has 2 unspecified atom stereocenters. The van der Waals surface area contributed by atoms with E-state index in [1.54, 1.807) is 39.0 Å². The predicted molar refractivity (Wildman–Crippen MR) is 147 cm³/mol. The second-order valence-corrected chi connectivity index (χ2v) is 9.92. The fourth-order valence-electron chi connectivity index (χ4n) is 4.66. The van der Waals surface area contributed by atoms with Crippen LogP contribution in [0.15, 0.2) is 70.9 Å². The van der Waals surface area contributed by atoms with Crippen LogP contribution in [0.2, 0.25) is 0 Å². The molecular weight excluding hydrogens is 486 g/mol. The maximum Gasteiger partial charge on any atom is 0.336 e. The first-order valence-corrected chi connectivity index (χ1v) is 13.1. The number of ether oxygens (including phenoxy) is 2. The SMILES string of the molecule is CCOC(=O)C1=C(C)N=C(C)C(C(=O)OCC)C1c1cccc(Nc2nc(-c3ccccc3)c(C)s2)c1. The van der Waals surface area contributed by atoms with Gasteiger partial charge in [-0.15, -0.1) is 11.3 Å². The summed E-state index contributed by atoms with van der Waals surface area (Å²) in [4.78, 5) is 36.6. The molecule has 0 saturated carbocycles. The summed E-state index contributed by atoms with van der Waals surface area (Å²) in [5.74, 6) is -2.21. The van der Waals surface area contributed by atoms with Crippen molar-refractivity contribution in [2.24, 2.45) is 10.9 Å².